The van der Waals surface area contributed by atoms with Gasteiger partial charge < -0.3 is 20.9 Å². The molecule has 1 aliphatic heterocycles. The van der Waals surface area contributed by atoms with E-state index < -0.39 is 12.2 Å². The Balaban J connectivity index is 2.04. The predicted octanol–water partition coefficient (Wildman–Crippen LogP) is 2.80. The first-order chi connectivity index (χ1) is 11.4. The van der Waals surface area contributed by atoms with E-state index in [2.05, 4.69) is 31.2 Å². The Hall–Kier alpha value is -1.67. The number of nitrogens with one attached hydrogen (secondary N) is 2. The number of H-pyrrole nitrogens is 1. The van der Waals surface area contributed by atoms with Crippen LogP contribution in [-0.4, -0.2) is 41.2 Å². The Kier molecular flexibility index (Phi) is 4.78. The summed E-state index contributed by atoms with van der Waals surface area (Å²) in [4.78, 5) is 21.6. The van der Waals surface area contributed by atoms with Crippen LogP contribution in [0.2, 0.25) is 0 Å². The molecular weight excluding hydrogens is 377 g/mol. The zero-order valence-corrected chi connectivity index (χ0v) is 15.2. The molecule has 0 aliphatic carbocycles. The van der Waals surface area contributed by atoms with E-state index in [1.54, 1.807) is 12.4 Å². The number of alkyl halides is 1. The molecule has 4 N–H and O–H groups in total. The maximum absolute atomic E-state index is 13.7. The Labute approximate surface area is 148 Å². The van der Waals surface area contributed by atoms with Crippen molar-refractivity contribution in [2.45, 2.75) is 32.5 Å². The number of rotatable bonds is 3. The summed E-state index contributed by atoms with van der Waals surface area (Å²) in [6.07, 6.45) is 2.84. The summed E-state index contributed by atoms with van der Waals surface area (Å²) in [5.74, 6) is -0.199. The van der Waals surface area contributed by atoms with Gasteiger partial charge in [0.1, 0.15) is 11.8 Å². The third kappa shape index (κ3) is 3.12. The zero-order chi connectivity index (χ0) is 17.4. The molecule has 0 spiro atoms. The summed E-state index contributed by atoms with van der Waals surface area (Å²) in [5.41, 5.74) is 8.13. The number of carbonyl (C=O) groups excluding carboxylic acids is 1. The third-order valence-corrected chi connectivity index (χ3v) is 4.88. The van der Waals surface area contributed by atoms with Crippen LogP contribution in [0.15, 0.2) is 16.9 Å². The second-order valence-electron chi connectivity index (χ2n) is 6.44. The van der Waals surface area contributed by atoms with Gasteiger partial charge in [0.05, 0.1) is 27.3 Å². The van der Waals surface area contributed by atoms with Crippen LogP contribution in [0.5, 0.6) is 0 Å². The second-order valence-corrected chi connectivity index (χ2v) is 7.29. The first kappa shape index (κ1) is 17.2. The van der Waals surface area contributed by atoms with E-state index in [0.717, 1.165) is 15.5 Å². The summed E-state index contributed by atoms with van der Waals surface area (Å²) in [7, 11) is 0. The van der Waals surface area contributed by atoms with E-state index >= 15 is 0 Å². The minimum absolute atomic E-state index is 0.0685. The van der Waals surface area contributed by atoms with Gasteiger partial charge >= 0.3 is 0 Å². The van der Waals surface area contributed by atoms with Gasteiger partial charge in [-0.05, 0) is 22.4 Å². The first-order valence-electron chi connectivity index (χ1n) is 7.99. The normalized spacial score (nSPS) is 21.5. The van der Waals surface area contributed by atoms with Gasteiger partial charge in [0, 0.05) is 31.4 Å². The number of halogens is 2. The lowest BCUT2D eigenvalue weighted by atomic mass is 10.0. The molecule has 24 heavy (non-hydrogen) atoms. The van der Waals surface area contributed by atoms with Gasteiger partial charge in [0.15, 0.2) is 0 Å². The van der Waals surface area contributed by atoms with Crippen molar-refractivity contribution in [3.05, 3.63) is 16.9 Å². The number of aromatic amines is 1. The molecule has 0 saturated carbocycles. The number of fused-ring (bicyclic) bond motifs is 1. The molecular formula is C16H21BrFN5O. The van der Waals surface area contributed by atoms with Crippen LogP contribution in [0.25, 0.3) is 11.0 Å². The molecule has 2 aromatic heterocycles. The molecule has 1 fully saturated rings. The van der Waals surface area contributed by atoms with E-state index in [1.807, 2.05) is 18.7 Å². The number of amides is 1. The van der Waals surface area contributed by atoms with Gasteiger partial charge in [-0.25, -0.2) is 9.37 Å². The van der Waals surface area contributed by atoms with Crippen LogP contribution in [0.4, 0.5) is 15.8 Å². The van der Waals surface area contributed by atoms with Crippen molar-refractivity contribution in [3.8, 4) is 0 Å². The highest BCUT2D eigenvalue weighted by molar-refractivity contribution is 9.10. The summed E-state index contributed by atoms with van der Waals surface area (Å²) < 4.78 is 14.5. The Morgan fingerprint density at radius 2 is 2.33 bits per heavy atom. The topological polar surface area (TPSA) is 87.0 Å². The van der Waals surface area contributed by atoms with Gasteiger partial charge in [0.2, 0.25) is 5.91 Å². The molecule has 3 heterocycles. The summed E-state index contributed by atoms with van der Waals surface area (Å²) in [5, 5.41) is 3.74. The fourth-order valence-electron chi connectivity index (χ4n) is 2.90. The highest BCUT2D eigenvalue weighted by Crippen LogP contribution is 2.39. The van der Waals surface area contributed by atoms with Crippen LogP contribution in [-0.2, 0) is 4.79 Å². The van der Waals surface area contributed by atoms with Gasteiger partial charge in [-0.15, -0.1) is 0 Å². The van der Waals surface area contributed by atoms with E-state index in [-0.39, 0.29) is 11.8 Å². The maximum atomic E-state index is 13.7. The molecule has 1 aliphatic rings. The highest BCUT2D eigenvalue weighted by Gasteiger charge is 2.29. The Morgan fingerprint density at radius 3 is 3.00 bits per heavy atom. The lowest BCUT2D eigenvalue weighted by Gasteiger charge is -2.35. The van der Waals surface area contributed by atoms with Crippen molar-refractivity contribution in [3.63, 3.8) is 0 Å². The van der Waals surface area contributed by atoms with Crippen molar-refractivity contribution < 1.29 is 9.18 Å². The van der Waals surface area contributed by atoms with Crippen molar-refractivity contribution in [2.24, 2.45) is 11.7 Å². The molecule has 6 nitrogen and oxygen atoms in total. The molecule has 2 atom stereocenters. The van der Waals surface area contributed by atoms with E-state index in [1.165, 1.54) is 0 Å². The van der Waals surface area contributed by atoms with Crippen LogP contribution < -0.4 is 16.0 Å². The van der Waals surface area contributed by atoms with Gasteiger partial charge in [-0.2, -0.15) is 0 Å². The number of hydrogen-bond donors (Lipinski definition) is 3. The largest absolute Gasteiger partial charge is 0.368 e. The van der Waals surface area contributed by atoms with Gasteiger partial charge in [-0.3, -0.25) is 4.79 Å². The van der Waals surface area contributed by atoms with Crippen LogP contribution in [0.1, 0.15) is 20.3 Å². The van der Waals surface area contributed by atoms with E-state index in [0.29, 0.717) is 30.8 Å². The maximum Gasteiger partial charge on any atom is 0.226 e. The molecule has 1 amide bonds. The highest BCUT2D eigenvalue weighted by atomic mass is 79.9. The molecule has 130 valence electrons. The quantitative estimate of drug-likeness (QED) is 0.742. The number of nitrogens with two attached hydrogens (primary N) is 1. The van der Waals surface area contributed by atoms with Crippen LogP contribution >= 0.6 is 15.9 Å². The molecule has 8 heteroatoms. The Bertz CT molecular complexity index is 762. The third-order valence-electron chi connectivity index (χ3n) is 4.30. The number of aromatic nitrogens is 2. The second kappa shape index (κ2) is 6.68. The molecule has 0 unspecified atom stereocenters. The molecule has 0 aromatic carbocycles. The smallest absolute Gasteiger partial charge is 0.226 e. The number of anilines is 2. The molecule has 1 saturated heterocycles. The van der Waals surface area contributed by atoms with Crippen LogP contribution in [0.3, 0.4) is 0 Å². The number of piperidine rings is 1. The Morgan fingerprint density at radius 1 is 1.58 bits per heavy atom. The molecule has 3 rings (SSSR count). The fraction of sp³-hybridized carbons (Fsp3) is 0.500. The molecule has 2 aromatic rings. The van der Waals surface area contributed by atoms with Crippen molar-refractivity contribution in [1.29, 1.82) is 0 Å². The van der Waals surface area contributed by atoms with Crippen molar-refractivity contribution in [2.75, 3.05) is 23.3 Å². The van der Waals surface area contributed by atoms with Gasteiger partial charge in [-0.1, -0.05) is 13.8 Å². The number of pyridine rings is 1. The summed E-state index contributed by atoms with van der Waals surface area (Å²) >= 11 is 3.54. The monoisotopic (exact) mass is 397 g/mol. The van der Waals surface area contributed by atoms with Crippen molar-refractivity contribution in [1.82, 2.24) is 9.97 Å². The SMILES string of the molecule is CC(C)C(=O)Nc1c[nH]c2ncc(Br)c(N3CC[C@H](F)[C@H](N)C3)c12. The minimum Gasteiger partial charge on any atom is -0.368 e. The lowest BCUT2D eigenvalue weighted by molar-refractivity contribution is -0.118. The fourth-order valence-corrected chi connectivity index (χ4v) is 3.45. The number of nitrogens with zero attached hydrogens (tertiary/aromatic N) is 2. The predicted molar refractivity (Wildman–Crippen MR) is 97.0 cm³/mol. The summed E-state index contributed by atoms with van der Waals surface area (Å²) in [6, 6.07) is -0.526. The number of hydrogen-bond acceptors (Lipinski definition) is 4. The first-order valence-corrected chi connectivity index (χ1v) is 8.78. The summed E-state index contributed by atoms with van der Waals surface area (Å²) in [6.45, 7) is 4.66. The minimum atomic E-state index is -0.983. The van der Waals surface area contributed by atoms with Crippen molar-refractivity contribution >= 4 is 44.2 Å². The van der Waals surface area contributed by atoms with Crippen LogP contribution in [0, 0.1) is 5.92 Å². The molecule has 0 radical (unpaired) electrons. The average molecular weight is 398 g/mol. The van der Waals surface area contributed by atoms with E-state index in [4.69, 9.17) is 5.73 Å². The number of carbonyl (C=O) groups is 1. The lowest BCUT2D eigenvalue weighted by Crippen LogP contribution is -2.50. The van der Waals surface area contributed by atoms with E-state index in [9.17, 15) is 9.18 Å². The average Bonchev–Trinajstić information content (AvgIpc) is 2.93. The van der Waals surface area contributed by atoms with Gasteiger partial charge in [0.25, 0.3) is 0 Å². The standard InChI is InChI=1S/C16H21BrFN5O/c1-8(2)16(24)22-12-6-21-15-13(12)14(9(17)5-20-15)23-4-3-10(18)11(19)7-23/h5-6,8,10-11H,3-4,7,19H2,1-2H3,(H,20,21)(H,22,24)/t10-,11+/m0/s1. The molecule has 0 bridgehead atoms. The zero-order valence-electron chi connectivity index (χ0n) is 13.6.